The Kier molecular flexibility index (Phi) is 2.27. The Bertz CT molecular complexity index is 863. The first-order valence-electron chi connectivity index (χ1n) is 8.21. The van der Waals surface area contributed by atoms with Crippen LogP contribution in [0, 0.1) is 11.3 Å². The van der Waals surface area contributed by atoms with Crippen LogP contribution in [0.5, 0.6) is 0 Å². The van der Waals surface area contributed by atoms with Gasteiger partial charge in [0.1, 0.15) is 0 Å². The van der Waals surface area contributed by atoms with Gasteiger partial charge in [-0.3, -0.25) is 4.79 Å². The lowest BCUT2D eigenvalue weighted by atomic mass is 9.63. The molecule has 0 radical (unpaired) electrons. The molecule has 0 aromatic heterocycles. The standard InChI is InChI=1S/C20H19NO/c21-18-3-1-2-13-10-17-14(9-16(13)18)6-7-20(19(17)22)11-12-4-5-15(20)8-12/h1-4,9-10,15H,5-8,11,21H2. The van der Waals surface area contributed by atoms with Crippen LogP contribution in [0.3, 0.4) is 0 Å². The van der Waals surface area contributed by atoms with E-state index in [9.17, 15) is 4.79 Å². The molecule has 5 rings (SSSR count). The van der Waals surface area contributed by atoms with Crippen molar-refractivity contribution in [1.29, 1.82) is 0 Å². The molecular formula is C20H19NO. The highest BCUT2D eigenvalue weighted by molar-refractivity contribution is 6.07. The zero-order valence-corrected chi connectivity index (χ0v) is 12.6. The van der Waals surface area contributed by atoms with E-state index in [-0.39, 0.29) is 5.41 Å². The van der Waals surface area contributed by atoms with Crippen molar-refractivity contribution >= 4 is 22.2 Å². The summed E-state index contributed by atoms with van der Waals surface area (Å²) in [7, 11) is 0. The number of carbonyl (C=O) groups is 1. The third kappa shape index (κ3) is 1.43. The van der Waals surface area contributed by atoms with Crippen LogP contribution in [-0.2, 0) is 6.42 Å². The Balaban J connectivity index is 1.69. The maximum absolute atomic E-state index is 13.3. The largest absolute Gasteiger partial charge is 0.398 e. The fourth-order valence-electron chi connectivity index (χ4n) is 5.02. The van der Waals surface area contributed by atoms with Gasteiger partial charge in [0, 0.05) is 22.1 Å². The van der Waals surface area contributed by atoms with E-state index in [0.29, 0.717) is 11.7 Å². The van der Waals surface area contributed by atoms with Crippen LogP contribution in [-0.4, -0.2) is 5.78 Å². The van der Waals surface area contributed by atoms with Crippen molar-refractivity contribution in [3.63, 3.8) is 0 Å². The smallest absolute Gasteiger partial charge is 0.169 e. The fourth-order valence-corrected chi connectivity index (χ4v) is 5.02. The summed E-state index contributed by atoms with van der Waals surface area (Å²) in [5.41, 5.74) is 10.5. The van der Waals surface area contributed by atoms with E-state index >= 15 is 0 Å². The second kappa shape index (κ2) is 4.01. The van der Waals surface area contributed by atoms with Gasteiger partial charge in [0.2, 0.25) is 0 Å². The lowest BCUT2D eigenvalue weighted by Gasteiger charge is -2.38. The number of aryl methyl sites for hydroxylation is 1. The van der Waals surface area contributed by atoms with Crippen molar-refractivity contribution in [2.24, 2.45) is 11.3 Å². The van der Waals surface area contributed by atoms with E-state index in [1.165, 1.54) is 11.1 Å². The van der Waals surface area contributed by atoms with Crippen LogP contribution in [0.15, 0.2) is 42.0 Å². The molecule has 3 aliphatic carbocycles. The summed E-state index contributed by atoms with van der Waals surface area (Å²) in [5.74, 6) is 0.950. The lowest BCUT2D eigenvalue weighted by molar-refractivity contribution is 0.0671. The maximum Gasteiger partial charge on any atom is 0.169 e. The molecule has 0 aliphatic heterocycles. The van der Waals surface area contributed by atoms with Gasteiger partial charge in [0.15, 0.2) is 5.78 Å². The highest BCUT2D eigenvalue weighted by atomic mass is 16.1. The average molecular weight is 289 g/mol. The van der Waals surface area contributed by atoms with Gasteiger partial charge >= 0.3 is 0 Å². The zero-order chi connectivity index (χ0) is 14.9. The zero-order valence-electron chi connectivity index (χ0n) is 12.6. The first-order chi connectivity index (χ1) is 10.7. The molecule has 110 valence electrons. The Hall–Kier alpha value is -2.09. The number of rotatable bonds is 0. The minimum atomic E-state index is -0.0922. The number of hydrogen-bond donors (Lipinski definition) is 1. The predicted molar refractivity (Wildman–Crippen MR) is 88.9 cm³/mol. The van der Waals surface area contributed by atoms with Gasteiger partial charge in [0.25, 0.3) is 0 Å². The molecule has 2 N–H and O–H groups in total. The predicted octanol–water partition coefficient (Wildman–Crippen LogP) is 4.28. The number of hydrogen-bond acceptors (Lipinski definition) is 2. The molecule has 3 aliphatic rings. The number of ketones is 1. The van der Waals surface area contributed by atoms with E-state index in [4.69, 9.17) is 5.73 Å². The van der Waals surface area contributed by atoms with Crippen molar-refractivity contribution in [3.05, 3.63) is 53.1 Å². The number of carbonyl (C=O) groups excluding carboxylic acids is 1. The summed E-state index contributed by atoms with van der Waals surface area (Å²) in [5, 5.41) is 2.17. The Morgan fingerprint density at radius 2 is 2.14 bits per heavy atom. The van der Waals surface area contributed by atoms with Crippen LogP contribution in [0.1, 0.15) is 41.6 Å². The second-order valence-electron chi connectivity index (χ2n) is 7.24. The number of allylic oxidation sites excluding steroid dienone is 2. The van der Waals surface area contributed by atoms with Gasteiger partial charge < -0.3 is 5.73 Å². The molecule has 2 unspecified atom stereocenters. The van der Waals surface area contributed by atoms with Gasteiger partial charge in [-0.2, -0.15) is 0 Å². The summed E-state index contributed by atoms with van der Waals surface area (Å²) in [6, 6.07) is 10.2. The summed E-state index contributed by atoms with van der Waals surface area (Å²) < 4.78 is 0. The number of anilines is 1. The van der Waals surface area contributed by atoms with Crippen molar-refractivity contribution in [1.82, 2.24) is 0 Å². The van der Waals surface area contributed by atoms with Crippen LogP contribution in [0.25, 0.3) is 10.8 Å². The van der Waals surface area contributed by atoms with Crippen molar-refractivity contribution in [2.45, 2.75) is 32.1 Å². The van der Waals surface area contributed by atoms with Crippen molar-refractivity contribution < 1.29 is 4.79 Å². The summed E-state index contributed by atoms with van der Waals surface area (Å²) in [6.45, 7) is 0. The van der Waals surface area contributed by atoms with Crippen molar-refractivity contribution in [3.8, 4) is 0 Å². The average Bonchev–Trinajstić information content (AvgIpc) is 3.12. The molecule has 2 atom stereocenters. The fraction of sp³-hybridized carbons (Fsp3) is 0.350. The first-order valence-corrected chi connectivity index (χ1v) is 8.21. The second-order valence-corrected chi connectivity index (χ2v) is 7.24. The molecule has 0 saturated heterocycles. The van der Waals surface area contributed by atoms with E-state index in [2.05, 4.69) is 24.3 Å². The van der Waals surface area contributed by atoms with Crippen LogP contribution >= 0.6 is 0 Å². The van der Waals surface area contributed by atoms with E-state index < -0.39 is 0 Å². The Labute approximate surface area is 130 Å². The summed E-state index contributed by atoms with van der Waals surface area (Å²) in [6.07, 6.45) is 7.65. The molecule has 2 aromatic rings. The number of nitrogens with two attached hydrogens (primary N) is 1. The monoisotopic (exact) mass is 289 g/mol. The van der Waals surface area contributed by atoms with Gasteiger partial charge in [-0.25, -0.2) is 0 Å². The molecule has 2 aromatic carbocycles. The summed E-state index contributed by atoms with van der Waals surface area (Å²) in [4.78, 5) is 13.3. The quantitative estimate of drug-likeness (QED) is 0.581. The Morgan fingerprint density at radius 3 is 2.91 bits per heavy atom. The van der Waals surface area contributed by atoms with E-state index in [1.54, 1.807) is 0 Å². The molecule has 2 heteroatoms. The molecule has 2 nitrogen and oxygen atoms in total. The SMILES string of the molecule is Nc1cccc2cc3c(cc12)CCC1(CC2=CCC1C2)C3=O. The third-order valence-electron chi connectivity index (χ3n) is 6.20. The number of Topliss-reactive ketones (excluding diaryl/α,β-unsaturated/α-hetero) is 1. The van der Waals surface area contributed by atoms with Crippen molar-refractivity contribution in [2.75, 3.05) is 5.73 Å². The molecule has 0 amide bonds. The molecule has 1 saturated carbocycles. The van der Waals surface area contributed by atoms with Gasteiger partial charge in [-0.05, 0) is 67.2 Å². The van der Waals surface area contributed by atoms with Crippen LogP contribution < -0.4 is 5.73 Å². The topological polar surface area (TPSA) is 43.1 Å². The van der Waals surface area contributed by atoms with Crippen LogP contribution in [0.4, 0.5) is 5.69 Å². The van der Waals surface area contributed by atoms with E-state index in [0.717, 1.165) is 54.1 Å². The Morgan fingerprint density at radius 1 is 1.23 bits per heavy atom. The minimum Gasteiger partial charge on any atom is -0.398 e. The summed E-state index contributed by atoms with van der Waals surface area (Å²) >= 11 is 0. The van der Waals surface area contributed by atoms with Gasteiger partial charge in [-0.1, -0.05) is 23.8 Å². The highest BCUT2D eigenvalue weighted by Crippen LogP contribution is 2.58. The molecule has 2 bridgehead atoms. The normalized spacial score (nSPS) is 29.2. The molecule has 1 fully saturated rings. The minimum absolute atomic E-state index is 0.0922. The molecule has 1 spiro atoms. The van der Waals surface area contributed by atoms with Crippen LogP contribution in [0.2, 0.25) is 0 Å². The maximum atomic E-state index is 13.3. The van der Waals surface area contributed by atoms with Gasteiger partial charge in [0.05, 0.1) is 0 Å². The third-order valence-corrected chi connectivity index (χ3v) is 6.20. The number of fused-ring (bicyclic) bond motifs is 5. The van der Waals surface area contributed by atoms with Gasteiger partial charge in [-0.15, -0.1) is 0 Å². The lowest BCUT2D eigenvalue weighted by Crippen LogP contribution is -2.39. The van der Waals surface area contributed by atoms with E-state index in [1.807, 2.05) is 12.1 Å². The first kappa shape index (κ1) is 12.5. The number of nitrogen functional groups attached to an aromatic ring is 1. The number of benzene rings is 2. The highest BCUT2D eigenvalue weighted by Gasteiger charge is 2.53. The molecule has 22 heavy (non-hydrogen) atoms. The molecule has 0 heterocycles. The molecular weight excluding hydrogens is 270 g/mol.